The van der Waals surface area contributed by atoms with E-state index in [0.29, 0.717) is 5.02 Å². The molecule has 146 valence electrons. The Bertz CT molecular complexity index is 899. The third kappa shape index (κ3) is 5.63. The van der Waals surface area contributed by atoms with Crippen molar-refractivity contribution in [2.45, 2.75) is 30.6 Å². The zero-order valence-electron chi connectivity index (χ0n) is 14.0. The maximum atomic E-state index is 13.7. The lowest BCUT2D eigenvalue weighted by Gasteiger charge is -2.20. The molecule has 6 nitrogen and oxygen atoms in total. The first-order chi connectivity index (χ1) is 12.6. The zero-order chi connectivity index (χ0) is 20.2. The van der Waals surface area contributed by atoms with Crippen LogP contribution in [0.15, 0.2) is 47.4 Å². The highest BCUT2D eigenvalue weighted by molar-refractivity contribution is 7.89. The van der Waals surface area contributed by atoms with Crippen molar-refractivity contribution in [3.05, 3.63) is 63.9 Å². The lowest BCUT2D eigenvalue weighted by molar-refractivity contribution is -0.149. The number of hydrogen-bond donors (Lipinski definition) is 2. The molecular formula is C17H16Cl2FNO5S. The number of esters is 1. The molecule has 2 atom stereocenters. The van der Waals surface area contributed by atoms with E-state index in [1.165, 1.54) is 43.3 Å². The number of carbonyl (C=O) groups excluding carboxylic acids is 1. The Labute approximate surface area is 165 Å². The molecule has 0 radical (unpaired) electrons. The van der Waals surface area contributed by atoms with Crippen LogP contribution in [0.2, 0.25) is 10.0 Å². The monoisotopic (exact) mass is 435 g/mol. The summed E-state index contributed by atoms with van der Waals surface area (Å²) >= 11 is 11.6. The predicted octanol–water partition coefficient (Wildman–Crippen LogP) is 2.90. The Balaban J connectivity index is 2.14. The fourth-order valence-electron chi connectivity index (χ4n) is 2.10. The zero-order valence-corrected chi connectivity index (χ0v) is 16.4. The van der Waals surface area contributed by atoms with Crippen LogP contribution in [0.25, 0.3) is 0 Å². The molecule has 0 spiro atoms. The van der Waals surface area contributed by atoms with Gasteiger partial charge in [-0.2, -0.15) is 4.72 Å². The molecule has 0 heterocycles. The van der Waals surface area contributed by atoms with E-state index in [0.717, 1.165) is 6.07 Å². The second-order valence-corrected chi connectivity index (χ2v) is 8.16. The molecule has 0 fully saturated rings. The fraction of sp³-hybridized carbons (Fsp3) is 0.235. The first-order valence-corrected chi connectivity index (χ1v) is 9.91. The minimum Gasteiger partial charge on any atom is -0.459 e. The van der Waals surface area contributed by atoms with E-state index >= 15 is 0 Å². The molecule has 0 saturated carbocycles. The SMILES string of the molecule is C[C@@H](O)[C@H](NS(=O)(=O)c1ccc(Cl)cc1)C(=O)OCc1c(F)cccc1Cl. The number of halogens is 3. The summed E-state index contributed by atoms with van der Waals surface area (Å²) in [4.78, 5) is 12.1. The number of sulfonamides is 1. The van der Waals surface area contributed by atoms with Crippen molar-refractivity contribution in [3.63, 3.8) is 0 Å². The van der Waals surface area contributed by atoms with Gasteiger partial charge in [-0.1, -0.05) is 29.3 Å². The largest absolute Gasteiger partial charge is 0.459 e. The number of aliphatic hydroxyl groups is 1. The molecule has 0 bridgehead atoms. The van der Waals surface area contributed by atoms with Crippen molar-refractivity contribution in [1.29, 1.82) is 0 Å². The number of aliphatic hydroxyl groups excluding tert-OH is 1. The van der Waals surface area contributed by atoms with E-state index in [-0.39, 0.29) is 15.5 Å². The normalized spacial score (nSPS) is 13.8. The fourth-order valence-corrected chi connectivity index (χ4v) is 3.70. The lowest BCUT2D eigenvalue weighted by Crippen LogP contribution is -2.48. The van der Waals surface area contributed by atoms with Crippen LogP contribution >= 0.6 is 23.2 Å². The second kappa shape index (κ2) is 8.99. The van der Waals surface area contributed by atoms with Crippen LogP contribution in [-0.4, -0.2) is 31.6 Å². The molecule has 2 aromatic carbocycles. The van der Waals surface area contributed by atoms with Crippen LogP contribution in [0, 0.1) is 5.82 Å². The summed E-state index contributed by atoms with van der Waals surface area (Å²) < 4.78 is 45.5. The van der Waals surface area contributed by atoms with Gasteiger partial charge in [-0.05, 0) is 43.3 Å². The smallest absolute Gasteiger partial charge is 0.327 e. The minimum absolute atomic E-state index is 0.0538. The van der Waals surface area contributed by atoms with Gasteiger partial charge in [0, 0.05) is 10.6 Å². The van der Waals surface area contributed by atoms with Crippen LogP contribution in [0.5, 0.6) is 0 Å². The van der Waals surface area contributed by atoms with Crippen LogP contribution in [-0.2, 0) is 26.2 Å². The molecule has 0 aliphatic rings. The standard InChI is InChI=1S/C17H16Cl2FNO5S/c1-10(22)16(21-27(24,25)12-7-5-11(18)6-8-12)17(23)26-9-13-14(19)3-2-4-15(13)20/h2-8,10,16,21-22H,9H2,1H3/t10-,16+/m1/s1. The van der Waals surface area contributed by atoms with Crippen molar-refractivity contribution in [2.24, 2.45) is 0 Å². The number of benzene rings is 2. The Kier molecular flexibility index (Phi) is 7.19. The summed E-state index contributed by atoms with van der Waals surface area (Å²) in [5.41, 5.74) is -0.0579. The molecule has 2 N–H and O–H groups in total. The molecule has 2 aromatic rings. The Morgan fingerprint density at radius 3 is 2.41 bits per heavy atom. The molecule has 27 heavy (non-hydrogen) atoms. The van der Waals surface area contributed by atoms with Crippen molar-refractivity contribution in [1.82, 2.24) is 4.72 Å². The first-order valence-electron chi connectivity index (χ1n) is 7.67. The lowest BCUT2D eigenvalue weighted by atomic mass is 10.2. The molecule has 2 rings (SSSR count). The van der Waals surface area contributed by atoms with E-state index in [1.807, 2.05) is 0 Å². The van der Waals surface area contributed by atoms with Gasteiger partial charge in [0.25, 0.3) is 0 Å². The predicted molar refractivity (Wildman–Crippen MR) is 98.4 cm³/mol. The quantitative estimate of drug-likeness (QED) is 0.652. The minimum atomic E-state index is -4.14. The van der Waals surface area contributed by atoms with Gasteiger partial charge in [0.1, 0.15) is 18.5 Å². The number of ether oxygens (including phenoxy) is 1. The average molecular weight is 436 g/mol. The average Bonchev–Trinajstić information content (AvgIpc) is 2.59. The summed E-state index contributed by atoms with van der Waals surface area (Å²) in [6, 6.07) is 7.58. The third-order valence-corrected chi connectivity index (χ3v) is 5.63. The van der Waals surface area contributed by atoms with Gasteiger partial charge in [-0.25, -0.2) is 12.8 Å². The van der Waals surface area contributed by atoms with Gasteiger partial charge in [0.2, 0.25) is 10.0 Å². The van der Waals surface area contributed by atoms with Crippen molar-refractivity contribution in [3.8, 4) is 0 Å². The topological polar surface area (TPSA) is 92.7 Å². The molecular weight excluding hydrogens is 420 g/mol. The molecule has 0 aliphatic heterocycles. The van der Waals surface area contributed by atoms with Crippen LogP contribution in [0.3, 0.4) is 0 Å². The molecule has 0 saturated heterocycles. The second-order valence-electron chi connectivity index (χ2n) is 5.60. The number of rotatable bonds is 7. The molecule has 0 aromatic heterocycles. The Morgan fingerprint density at radius 2 is 1.85 bits per heavy atom. The number of carbonyl (C=O) groups is 1. The highest BCUT2D eigenvalue weighted by Crippen LogP contribution is 2.20. The van der Waals surface area contributed by atoms with E-state index in [2.05, 4.69) is 4.72 Å². The third-order valence-electron chi connectivity index (χ3n) is 3.56. The highest BCUT2D eigenvalue weighted by atomic mass is 35.5. The summed E-state index contributed by atoms with van der Waals surface area (Å²) in [7, 11) is -4.14. The van der Waals surface area contributed by atoms with Gasteiger partial charge < -0.3 is 9.84 Å². The first kappa shape index (κ1) is 21.6. The maximum Gasteiger partial charge on any atom is 0.327 e. The molecule has 10 heteroatoms. The van der Waals surface area contributed by atoms with Crippen molar-refractivity contribution < 1.29 is 27.4 Å². The van der Waals surface area contributed by atoms with E-state index in [1.54, 1.807) is 0 Å². The van der Waals surface area contributed by atoms with Gasteiger partial charge in [0.05, 0.1) is 16.0 Å². The van der Waals surface area contributed by atoms with E-state index in [4.69, 9.17) is 27.9 Å². The maximum absolute atomic E-state index is 13.7. The summed E-state index contributed by atoms with van der Waals surface area (Å²) in [6.07, 6.45) is -1.41. The van der Waals surface area contributed by atoms with Crippen molar-refractivity contribution >= 4 is 39.2 Å². The summed E-state index contributed by atoms with van der Waals surface area (Å²) in [6.45, 7) is 0.697. The Morgan fingerprint density at radius 1 is 1.22 bits per heavy atom. The van der Waals surface area contributed by atoms with Crippen LogP contribution < -0.4 is 4.72 Å². The Hall–Kier alpha value is -1.71. The van der Waals surface area contributed by atoms with E-state index in [9.17, 15) is 22.7 Å². The van der Waals surface area contributed by atoms with Gasteiger partial charge in [-0.3, -0.25) is 4.79 Å². The van der Waals surface area contributed by atoms with Gasteiger partial charge >= 0.3 is 5.97 Å². The van der Waals surface area contributed by atoms with Gasteiger partial charge in [0.15, 0.2) is 0 Å². The van der Waals surface area contributed by atoms with Crippen molar-refractivity contribution in [2.75, 3.05) is 0 Å². The van der Waals surface area contributed by atoms with Crippen LogP contribution in [0.4, 0.5) is 4.39 Å². The molecule has 0 unspecified atom stereocenters. The van der Waals surface area contributed by atoms with E-state index < -0.39 is 40.6 Å². The number of hydrogen-bond acceptors (Lipinski definition) is 5. The number of nitrogens with one attached hydrogen (secondary N) is 1. The van der Waals surface area contributed by atoms with Gasteiger partial charge in [-0.15, -0.1) is 0 Å². The molecule has 0 amide bonds. The summed E-state index contributed by atoms with van der Waals surface area (Å²) in [5.74, 6) is -1.76. The van der Waals surface area contributed by atoms with Crippen LogP contribution in [0.1, 0.15) is 12.5 Å². The summed E-state index contributed by atoms with van der Waals surface area (Å²) in [5, 5.41) is 10.2. The highest BCUT2D eigenvalue weighted by Gasteiger charge is 2.31. The molecule has 0 aliphatic carbocycles.